The van der Waals surface area contributed by atoms with Crippen molar-refractivity contribution in [1.29, 1.82) is 0 Å². The van der Waals surface area contributed by atoms with Crippen LogP contribution in [0.2, 0.25) is 0 Å². The second-order valence-electron chi connectivity index (χ2n) is 2.59. The summed E-state index contributed by atoms with van der Waals surface area (Å²) in [6.45, 7) is 4.19. The molecule has 1 aromatic rings. The molecule has 1 aromatic heterocycles. The van der Waals surface area contributed by atoms with Crippen molar-refractivity contribution in [2.24, 2.45) is 0 Å². The van der Waals surface area contributed by atoms with Crippen LogP contribution in [0.1, 0.15) is 26.7 Å². The van der Waals surface area contributed by atoms with E-state index in [0.717, 1.165) is 12.8 Å². The van der Waals surface area contributed by atoms with Crippen LogP contribution in [0.3, 0.4) is 0 Å². The van der Waals surface area contributed by atoms with Crippen molar-refractivity contribution in [1.82, 2.24) is 9.97 Å². The first kappa shape index (κ1) is 8.97. The molecule has 0 spiro atoms. The Kier molecular flexibility index (Phi) is 3.51. The normalized spacial score (nSPS) is 10.2. The molecule has 0 bridgehead atoms. The summed E-state index contributed by atoms with van der Waals surface area (Å²) in [6, 6.07) is 2.26. The predicted octanol–water partition coefficient (Wildman–Crippen LogP) is 2.04. The molecule has 0 unspecified atom stereocenters. The van der Waals surface area contributed by atoms with E-state index in [9.17, 15) is 0 Å². The lowest BCUT2D eigenvalue weighted by Gasteiger charge is -2.12. The van der Waals surface area contributed by atoms with Crippen LogP contribution < -0.4 is 4.74 Å². The largest absolute Gasteiger partial charge is 0.460 e. The summed E-state index contributed by atoms with van der Waals surface area (Å²) in [5, 5.41) is 0. The zero-order valence-corrected chi connectivity index (χ0v) is 7.53. The monoisotopic (exact) mass is 166 g/mol. The highest BCUT2D eigenvalue weighted by molar-refractivity contribution is 4.93. The summed E-state index contributed by atoms with van der Waals surface area (Å²) in [5.74, 6) is 0. The summed E-state index contributed by atoms with van der Waals surface area (Å²) >= 11 is 0. The molecule has 3 nitrogen and oxygen atoms in total. The van der Waals surface area contributed by atoms with Crippen molar-refractivity contribution < 1.29 is 4.74 Å². The van der Waals surface area contributed by atoms with Gasteiger partial charge < -0.3 is 4.74 Å². The van der Waals surface area contributed by atoms with Gasteiger partial charge in [-0.1, -0.05) is 13.8 Å². The molecule has 12 heavy (non-hydrogen) atoms. The van der Waals surface area contributed by atoms with Gasteiger partial charge in [0.05, 0.1) is 0 Å². The molecular formula is C9H14N2O. The van der Waals surface area contributed by atoms with Crippen molar-refractivity contribution in [3.05, 3.63) is 18.5 Å². The Morgan fingerprint density at radius 1 is 1.25 bits per heavy atom. The number of rotatable bonds is 4. The molecule has 3 heteroatoms. The molecule has 0 amide bonds. The Balaban J connectivity index is 2.51. The van der Waals surface area contributed by atoms with Gasteiger partial charge in [-0.05, 0) is 18.9 Å². The smallest absolute Gasteiger partial charge is 0.316 e. The number of hydrogen-bond acceptors (Lipinski definition) is 3. The van der Waals surface area contributed by atoms with E-state index in [0.29, 0.717) is 6.01 Å². The molecule has 0 aromatic carbocycles. The molecule has 0 atom stereocenters. The first-order valence-corrected chi connectivity index (χ1v) is 4.30. The van der Waals surface area contributed by atoms with Crippen molar-refractivity contribution in [2.75, 3.05) is 0 Å². The topological polar surface area (TPSA) is 35.0 Å². The van der Waals surface area contributed by atoms with Crippen LogP contribution in [0, 0.1) is 0 Å². The summed E-state index contributed by atoms with van der Waals surface area (Å²) in [6.07, 6.45) is 5.60. The van der Waals surface area contributed by atoms with Gasteiger partial charge in [-0.3, -0.25) is 0 Å². The quantitative estimate of drug-likeness (QED) is 0.686. The van der Waals surface area contributed by atoms with Gasteiger partial charge in [0.15, 0.2) is 0 Å². The van der Waals surface area contributed by atoms with Crippen LogP contribution in [-0.4, -0.2) is 16.1 Å². The fraction of sp³-hybridized carbons (Fsp3) is 0.556. The second-order valence-corrected chi connectivity index (χ2v) is 2.59. The summed E-state index contributed by atoms with van der Waals surface area (Å²) in [5.41, 5.74) is 0. The molecule has 0 aliphatic heterocycles. The molecule has 1 rings (SSSR count). The Morgan fingerprint density at radius 3 is 2.33 bits per heavy atom. The van der Waals surface area contributed by atoms with Gasteiger partial charge in [0.2, 0.25) is 0 Å². The molecule has 0 fully saturated rings. The van der Waals surface area contributed by atoms with Crippen LogP contribution in [0.15, 0.2) is 18.5 Å². The SMILES string of the molecule is CCC(CC)Oc1ncccn1. The predicted molar refractivity (Wildman–Crippen MR) is 47.0 cm³/mol. The lowest BCUT2D eigenvalue weighted by molar-refractivity contribution is 0.176. The highest BCUT2D eigenvalue weighted by Crippen LogP contribution is 2.07. The number of ether oxygens (including phenoxy) is 1. The van der Waals surface area contributed by atoms with E-state index in [1.165, 1.54) is 0 Å². The first-order valence-electron chi connectivity index (χ1n) is 4.30. The molecule has 66 valence electrons. The van der Waals surface area contributed by atoms with Gasteiger partial charge in [0, 0.05) is 12.4 Å². The van der Waals surface area contributed by atoms with Crippen LogP contribution in [0.4, 0.5) is 0 Å². The summed E-state index contributed by atoms with van der Waals surface area (Å²) in [4.78, 5) is 7.96. The molecule has 0 aliphatic rings. The minimum atomic E-state index is 0.243. The maximum absolute atomic E-state index is 5.49. The Bertz CT molecular complexity index is 209. The van der Waals surface area contributed by atoms with Crippen molar-refractivity contribution in [2.45, 2.75) is 32.8 Å². The zero-order chi connectivity index (χ0) is 8.81. The maximum atomic E-state index is 5.49. The third-order valence-electron chi connectivity index (χ3n) is 1.72. The van der Waals surface area contributed by atoms with Crippen molar-refractivity contribution >= 4 is 0 Å². The molecule has 0 aliphatic carbocycles. The van der Waals surface area contributed by atoms with Crippen molar-refractivity contribution in [3.8, 4) is 6.01 Å². The summed E-state index contributed by atoms with van der Waals surface area (Å²) < 4.78 is 5.49. The third kappa shape index (κ3) is 2.49. The van der Waals surface area contributed by atoms with Crippen molar-refractivity contribution in [3.63, 3.8) is 0 Å². The van der Waals surface area contributed by atoms with Gasteiger partial charge in [0.25, 0.3) is 0 Å². The third-order valence-corrected chi connectivity index (χ3v) is 1.72. The highest BCUT2D eigenvalue weighted by atomic mass is 16.5. The van der Waals surface area contributed by atoms with Gasteiger partial charge in [-0.15, -0.1) is 0 Å². The average Bonchev–Trinajstić information content (AvgIpc) is 2.16. The minimum Gasteiger partial charge on any atom is -0.460 e. The minimum absolute atomic E-state index is 0.243. The van der Waals surface area contributed by atoms with Crippen LogP contribution in [-0.2, 0) is 0 Å². The molecule has 0 N–H and O–H groups in total. The number of nitrogens with zero attached hydrogens (tertiary/aromatic N) is 2. The molecule has 0 saturated carbocycles. The van der Waals surface area contributed by atoms with E-state index in [1.807, 2.05) is 0 Å². The Hall–Kier alpha value is -1.12. The van der Waals surface area contributed by atoms with Gasteiger partial charge in [-0.25, -0.2) is 9.97 Å². The van der Waals surface area contributed by atoms with E-state index >= 15 is 0 Å². The average molecular weight is 166 g/mol. The van der Waals surface area contributed by atoms with E-state index in [1.54, 1.807) is 18.5 Å². The lowest BCUT2D eigenvalue weighted by atomic mass is 10.2. The zero-order valence-electron chi connectivity index (χ0n) is 7.53. The Labute approximate surface area is 72.8 Å². The number of hydrogen-bond donors (Lipinski definition) is 0. The van der Waals surface area contributed by atoms with Gasteiger partial charge in [-0.2, -0.15) is 0 Å². The van der Waals surface area contributed by atoms with Gasteiger partial charge >= 0.3 is 6.01 Å². The number of aromatic nitrogens is 2. The lowest BCUT2D eigenvalue weighted by Crippen LogP contribution is -2.15. The molecule has 0 saturated heterocycles. The molecular weight excluding hydrogens is 152 g/mol. The maximum Gasteiger partial charge on any atom is 0.316 e. The summed E-state index contributed by atoms with van der Waals surface area (Å²) in [7, 11) is 0. The molecule has 0 radical (unpaired) electrons. The second kappa shape index (κ2) is 4.70. The van der Waals surface area contributed by atoms with Crippen LogP contribution in [0.25, 0.3) is 0 Å². The highest BCUT2D eigenvalue weighted by Gasteiger charge is 2.05. The van der Waals surface area contributed by atoms with Crippen LogP contribution >= 0.6 is 0 Å². The molecule has 1 heterocycles. The van der Waals surface area contributed by atoms with E-state index in [4.69, 9.17) is 4.74 Å². The van der Waals surface area contributed by atoms with E-state index in [-0.39, 0.29) is 6.10 Å². The fourth-order valence-corrected chi connectivity index (χ4v) is 0.951. The van der Waals surface area contributed by atoms with Gasteiger partial charge in [0.1, 0.15) is 6.10 Å². The first-order chi connectivity index (χ1) is 5.86. The van der Waals surface area contributed by atoms with E-state index in [2.05, 4.69) is 23.8 Å². The fourth-order valence-electron chi connectivity index (χ4n) is 0.951. The Morgan fingerprint density at radius 2 is 1.83 bits per heavy atom. The van der Waals surface area contributed by atoms with E-state index < -0.39 is 0 Å². The van der Waals surface area contributed by atoms with Crippen LogP contribution in [0.5, 0.6) is 6.01 Å². The standard InChI is InChI=1S/C9H14N2O/c1-3-8(4-2)12-9-10-6-5-7-11-9/h5-8H,3-4H2,1-2H3.